The average Bonchev–Trinajstić information content (AvgIpc) is 2.19. The van der Waals surface area contributed by atoms with Crippen molar-refractivity contribution >= 4 is 6.09 Å². The number of rotatable bonds is 2. The van der Waals surface area contributed by atoms with Gasteiger partial charge in [0, 0.05) is 0 Å². The lowest BCUT2D eigenvalue weighted by Gasteiger charge is -2.12. The van der Waals surface area contributed by atoms with Crippen LogP contribution in [0.25, 0.3) is 0 Å². The van der Waals surface area contributed by atoms with E-state index in [1.54, 1.807) is 24.3 Å². The molecule has 2 N–H and O–H groups in total. The normalized spacial score (nSPS) is 8.86. The van der Waals surface area contributed by atoms with Gasteiger partial charge in [0.1, 0.15) is 12.3 Å². The van der Waals surface area contributed by atoms with Gasteiger partial charge in [0.25, 0.3) is 0 Å². The van der Waals surface area contributed by atoms with Crippen LogP contribution in [0, 0.1) is 12.3 Å². The molecule has 4 heteroatoms. The number of nitrogens with zero attached hydrogens (tertiary/aromatic N) is 1. The Morgan fingerprint density at radius 1 is 1.50 bits per heavy atom. The molecule has 0 aliphatic carbocycles. The molecule has 14 heavy (non-hydrogen) atoms. The highest BCUT2D eigenvalue weighted by molar-refractivity contribution is 5.70. The van der Waals surface area contributed by atoms with Crippen LogP contribution in [-0.2, 0) is 0 Å². The Labute approximate surface area is 82.2 Å². The Hall–Kier alpha value is -1.99. The van der Waals surface area contributed by atoms with Crippen molar-refractivity contribution in [3.63, 3.8) is 0 Å². The Kier molecular flexibility index (Phi) is 3.53. The van der Waals surface area contributed by atoms with Gasteiger partial charge in [0.2, 0.25) is 0 Å². The van der Waals surface area contributed by atoms with Crippen molar-refractivity contribution < 1.29 is 9.53 Å². The predicted octanol–water partition coefficient (Wildman–Crippen LogP) is 0.994. The summed E-state index contributed by atoms with van der Waals surface area (Å²) in [5.41, 5.74) is 0. The zero-order chi connectivity index (χ0) is 10.4. The van der Waals surface area contributed by atoms with Crippen LogP contribution in [0.5, 0.6) is 5.75 Å². The number of hydrazine groups is 1. The summed E-state index contributed by atoms with van der Waals surface area (Å²) in [6.07, 6.45) is 4.31. The standard InChI is InChI=1S/C10H10N2O2/c1-2-8-12(11)10(13)14-9-6-4-3-5-7-9/h1,3-7H,8,11H2. The molecule has 0 aliphatic rings. The first kappa shape index (κ1) is 10.1. The fourth-order valence-corrected chi connectivity index (χ4v) is 0.811. The fraction of sp³-hybridized carbons (Fsp3) is 0.100. The van der Waals surface area contributed by atoms with Gasteiger partial charge in [-0.25, -0.2) is 15.6 Å². The van der Waals surface area contributed by atoms with Crippen molar-refractivity contribution in [3.05, 3.63) is 30.3 Å². The molecule has 1 aromatic carbocycles. The van der Waals surface area contributed by atoms with E-state index in [1.165, 1.54) is 0 Å². The summed E-state index contributed by atoms with van der Waals surface area (Å²) < 4.78 is 4.90. The first-order valence-electron chi connectivity index (χ1n) is 3.96. The predicted molar refractivity (Wildman–Crippen MR) is 52.2 cm³/mol. The fourth-order valence-electron chi connectivity index (χ4n) is 0.811. The molecule has 0 saturated heterocycles. The average molecular weight is 190 g/mol. The highest BCUT2D eigenvalue weighted by Crippen LogP contribution is 2.08. The molecule has 1 aromatic rings. The van der Waals surface area contributed by atoms with E-state index in [4.69, 9.17) is 17.0 Å². The molecule has 0 aliphatic heterocycles. The number of amides is 1. The number of hydrogen-bond donors (Lipinski definition) is 1. The van der Waals surface area contributed by atoms with Crippen molar-refractivity contribution in [3.8, 4) is 18.1 Å². The van der Waals surface area contributed by atoms with E-state index in [1.807, 2.05) is 6.07 Å². The second-order valence-corrected chi connectivity index (χ2v) is 2.51. The molecule has 0 spiro atoms. The maximum absolute atomic E-state index is 11.2. The lowest BCUT2D eigenvalue weighted by Crippen LogP contribution is -2.39. The van der Waals surface area contributed by atoms with Gasteiger partial charge in [-0.2, -0.15) is 0 Å². The summed E-state index contributed by atoms with van der Waals surface area (Å²) >= 11 is 0. The second kappa shape index (κ2) is 4.90. The van der Waals surface area contributed by atoms with Crippen molar-refractivity contribution in [2.45, 2.75) is 0 Å². The Bertz CT molecular complexity index is 343. The molecule has 0 unspecified atom stereocenters. The van der Waals surface area contributed by atoms with E-state index >= 15 is 0 Å². The molecule has 1 rings (SSSR count). The zero-order valence-corrected chi connectivity index (χ0v) is 7.51. The molecule has 0 fully saturated rings. The number of carbonyl (C=O) groups excluding carboxylic acids is 1. The summed E-state index contributed by atoms with van der Waals surface area (Å²) in [6.45, 7) is 0.0195. The van der Waals surface area contributed by atoms with E-state index in [0.717, 1.165) is 5.01 Å². The zero-order valence-electron chi connectivity index (χ0n) is 7.51. The third kappa shape index (κ3) is 2.81. The van der Waals surface area contributed by atoms with Crippen molar-refractivity contribution in [2.75, 3.05) is 6.54 Å². The monoisotopic (exact) mass is 190 g/mol. The van der Waals surface area contributed by atoms with E-state index in [-0.39, 0.29) is 6.54 Å². The van der Waals surface area contributed by atoms with Crippen LogP contribution in [0.15, 0.2) is 30.3 Å². The molecule has 4 nitrogen and oxygen atoms in total. The van der Waals surface area contributed by atoms with Crippen molar-refractivity contribution in [2.24, 2.45) is 5.84 Å². The molecule has 0 heterocycles. The van der Waals surface area contributed by atoms with Gasteiger partial charge in [0.05, 0.1) is 0 Å². The number of carbonyl (C=O) groups is 1. The second-order valence-electron chi connectivity index (χ2n) is 2.51. The number of nitrogens with two attached hydrogens (primary N) is 1. The van der Waals surface area contributed by atoms with Crippen LogP contribution < -0.4 is 10.6 Å². The largest absolute Gasteiger partial charge is 0.430 e. The molecule has 1 amide bonds. The quantitative estimate of drug-likeness (QED) is 0.327. The first-order chi connectivity index (χ1) is 6.74. The molecular formula is C10H10N2O2. The van der Waals surface area contributed by atoms with Gasteiger partial charge < -0.3 is 4.74 Å². The van der Waals surface area contributed by atoms with E-state index in [0.29, 0.717) is 5.75 Å². The highest BCUT2D eigenvalue weighted by Gasteiger charge is 2.09. The molecule has 0 radical (unpaired) electrons. The summed E-state index contributed by atoms with van der Waals surface area (Å²) in [5.74, 6) is 7.96. The summed E-state index contributed by atoms with van der Waals surface area (Å²) in [6, 6.07) is 8.64. The number of hydrogen-bond acceptors (Lipinski definition) is 3. The van der Waals surface area contributed by atoms with E-state index in [9.17, 15) is 4.79 Å². The maximum atomic E-state index is 11.2. The Balaban J connectivity index is 2.54. The van der Waals surface area contributed by atoms with E-state index in [2.05, 4.69) is 5.92 Å². The van der Waals surface area contributed by atoms with Gasteiger partial charge >= 0.3 is 6.09 Å². The maximum Gasteiger partial charge on any atom is 0.430 e. The van der Waals surface area contributed by atoms with Gasteiger partial charge in [-0.1, -0.05) is 24.1 Å². The summed E-state index contributed by atoms with van der Waals surface area (Å²) in [7, 11) is 0. The van der Waals surface area contributed by atoms with Gasteiger partial charge in [-0.15, -0.1) is 6.42 Å². The summed E-state index contributed by atoms with van der Waals surface area (Å²) in [4.78, 5) is 11.2. The van der Waals surface area contributed by atoms with Crippen LogP contribution in [0.1, 0.15) is 0 Å². The number of terminal acetylenes is 1. The topological polar surface area (TPSA) is 55.6 Å². The lowest BCUT2D eigenvalue weighted by atomic mass is 10.3. The molecular weight excluding hydrogens is 180 g/mol. The third-order valence-electron chi connectivity index (χ3n) is 1.44. The molecule has 0 saturated carbocycles. The van der Waals surface area contributed by atoms with Crippen molar-refractivity contribution in [1.82, 2.24) is 5.01 Å². The third-order valence-corrected chi connectivity index (χ3v) is 1.44. The Morgan fingerprint density at radius 2 is 2.14 bits per heavy atom. The van der Waals surface area contributed by atoms with Crippen LogP contribution in [-0.4, -0.2) is 17.6 Å². The highest BCUT2D eigenvalue weighted by atomic mass is 16.6. The minimum atomic E-state index is -0.672. The molecule has 0 aromatic heterocycles. The van der Waals surface area contributed by atoms with Gasteiger partial charge in [-0.3, -0.25) is 0 Å². The molecule has 72 valence electrons. The lowest BCUT2D eigenvalue weighted by molar-refractivity contribution is 0.159. The Morgan fingerprint density at radius 3 is 2.71 bits per heavy atom. The van der Waals surface area contributed by atoms with Gasteiger partial charge in [0.15, 0.2) is 0 Å². The number of benzene rings is 1. The van der Waals surface area contributed by atoms with Crippen LogP contribution in [0.2, 0.25) is 0 Å². The van der Waals surface area contributed by atoms with E-state index < -0.39 is 6.09 Å². The first-order valence-corrected chi connectivity index (χ1v) is 3.96. The smallest absolute Gasteiger partial charge is 0.409 e. The minimum Gasteiger partial charge on any atom is -0.409 e. The van der Waals surface area contributed by atoms with Crippen molar-refractivity contribution in [1.29, 1.82) is 0 Å². The number of ether oxygens (including phenoxy) is 1. The minimum absolute atomic E-state index is 0.0195. The van der Waals surface area contributed by atoms with Crippen LogP contribution in [0.3, 0.4) is 0 Å². The molecule has 0 bridgehead atoms. The SMILES string of the molecule is C#CCN(N)C(=O)Oc1ccccc1. The number of para-hydroxylation sites is 1. The van der Waals surface area contributed by atoms with Gasteiger partial charge in [-0.05, 0) is 12.1 Å². The molecule has 0 atom stereocenters. The van der Waals surface area contributed by atoms with Crippen LogP contribution in [0.4, 0.5) is 4.79 Å². The van der Waals surface area contributed by atoms with Crippen LogP contribution >= 0.6 is 0 Å². The summed E-state index contributed by atoms with van der Waals surface area (Å²) in [5, 5.41) is 0.826.